The molecule has 0 fully saturated rings. The maximum Gasteiger partial charge on any atom is 0.0346 e. The van der Waals surface area contributed by atoms with Crippen molar-refractivity contribution in [2.75, 3.05) is 0 Å². The van der Waals surface area contributed by atoms with E-state index >= 15 is 0 Å². The minimum absolute atomic E-state index is 1.20. The minimum Gasteiger partial charge on any atom is -0.264 e. The molecule has 2 rings (SSSR count). The lowest BCUT2D eigenvalue weighted by Crippen LogP contribution is -1.75. The van der Waals surface area contributed by atoms with Crippen molar-refractivity contribution < 1.29 is 0 Å². The van der Waals surface area contributed by atoms with Gasteiger partial charge in [0.1, 0.15) is 0 Å². The molecule has 0 saturated heterocycles. The van der Waals surface area contributed by atoms with E-state index in [4.69, 9.17) is 0 Å². The zero-order valence-corrected chi connectivity index (χ0v) is 7.95. The van der Waals surface area contributed by atoms with Gasteiger partial charge in [-0.25, -0.2) is 0 Å². The molecule has 1 heterocycles. The summed E-state index contributed by atoms with van der Waals surface area (Å²) in [5, 5.41) is 2.46. The predicted octanol–water partition coefficient (Wildman–Crippen LogP) is 2.84. The van der Waals surface area contributed by atoms with Crippen LogP contribution in [0.2, 0.25) is 0 Å². The zero-order chi connectivity index (χ0) is 7.68. The fourth-order valence-corrected chi connectivity index (χ4v) is 1.57. The topological polar surface area (TPSA) is 12.9 Å². The normalized spacial score (nSPS) is 10.3. The molecule has 1 nitrogen and oxygen atoms in total. The van der Waals surface area contributed by atoms with Crippen molar-refractivity contribution in [3.8, 4) is 0 Å². The van der Waals surface area contributed by atoms with Gasteiger partial charge in [-0.3, -0.25) is 4.98 Å². The standard InChI is InChI=1S/C9H6IN/c10-9-2-1-8-6-11-4-3-7(8)5-9/h1-6H. The average Bonchev–Trinajstić information content (AvgIpc) is 2.04. The molecule has 0 amide bonds. The summed E-state index contributed by atoms with van der Waals surface area (Å²) in [6, 6.07) is 8.35. The maximum atomic E-state index is 4.04. The van der Waals surface area contributed by atoms with E-state index in [9.17, 15) is 0 Å². The average molecular weight is 255 g/mol. The summed E-state index contributed by atoms with van der Waals surface area (Å²) < 4.78 is 1.27. The number of rotatable bonds is 0. The Morgan fingerprint density at radius 3 is 2.91 bits per heavy atom. The Bertz CT molecular complexity index is 384. The summed E-state index contributed by atoms with van der Waals surface area (Å²) in [6.07, 6.45) is 3.70. The van der Waals surface area contributed by atoms with Gasteiger partial charge in [0.15, 0.2) is 0 Å². The molecule has 2 aromatic rings. The van der Waals surface area contributed by atoms with E-state index in [0.717, 1.165) is 0 Å². The van der Waals surface area contributed by atoms with Gasteiger partial charge in [0, 0.05) is 21.4 Å². The molecule has 0 unspecified atom stereocenters. The van der Waals surface area contributed by atoms with Crippen LogP contribution < -0.4 is 0 Å². The maximum absolute atomic E-state index is 4.04. The van der Waals surface area contributed by atoms with Gasteiger partial charge in [-0.2, -0.15) is 0 Å². The first-order chi connectivity index (χ1) is 5.36. The highest BCUT2D eigenvalue weighted by Gasteiger charge is 1.91. The Morgan fingerprint density at radius 1 is 1.09 bits per heavy atom. The van der Waals surface area contributed by atoms with E-state index in [-0.39, 0.29) is 0 Å². The van der Waals surface area contributed by atoms with Crippen LogP contribution in [0.1, 0.15) is 0 Å². The third-order valence-electron chi connectivity index (χ3n) is 1.60. The van der Waals surface area contributed by atoms with E-state index in [1.807, 2.05) is 18.5 Å². The van der Waals surface area contributed by atoms with E-state index in [2.05, 4.69) is 45.8 Å². The first-order valence-corrected chi connectivity index (χ1v) is 4.43. The zero-order valence-electron chi connectivity index (χ0n) is 5.79. The molecular weight excluding hydrogens is 249 g/mol. The molecule has 0 aliphatic carbocycles. The Kier molecular flexibility index (Phi) is 1.77. The molecule has 1 aromatic carbocycles. The number of nitrogens with zero attached hydrogens (tertiary/aromatic N) is 1. The van der Waals surface area contributed by atoms with E-state index in [1.165, 1.54) is 14.3 Å². The van der Waals surface area contributed by atoms with Crippen molar-refractivity contribution >= 4 is 33.4 Å². The second-order valence-electron chi connectivity index (χ2n) is 2.37. The Labute approximate surface area is 78.6 Å². The molecule has 0 bridgehead atoms. The smallest absolute Gasteiger partial charge is 0.0346 e. The summed E-state index contributed by atoms with van der Waals surface area (Å²) in [5.41, 5.74) is 0. The number of pyridine rings is 1. The van der Waals surface area contributed by atoms with Crippen LogP contribution in [0.25, 0.3) is 10.8 Å². The number of hydrogen-bond acceptors (Lipinski definition) is 1. The minimum atomic E-state index is 1.20. The largest absolute Gasteiger partial charge is 0.264 e. The molecule has 0 radical (unpaired) electrons. The van der Waals surface area contributed by atoms with Crippen LogP contribution in [-0.4, -0.2) is 4.98 Å². The summed E-state index contributed by atoms with van der Waals surface area (Å²) in [4.78, 5) is 4.04. The van der Waals surface area contributed by atoms with E-state index in [0.29, 0.717) is 0 Å². The molecule has 0 aliphatic rings. The van der Waals surface area contributed by atoms with Gasteiger partial charge >= 0.3 is 0 Å². The second kappa shape index (κ2) is 2.77. The Hall–Kier alpha value is -0.640. The number of fused-ring (bicyclic) bond motifs is 1. The lowest BCUT2D eigenvalue weighted by atomic mass is 10.2. The van der Waals surface area contributed by atoms with E-state index < -0.39 is 0 Å². The predicted molar refractivity (Wildman–Crippen MR) is 54.5 cm³/mol. The van der Waals surface area contributed by atoms with Crippen molar-refractivity contribution in [2.45, 2.75) is 0 Å². The lowest BCUT2D eigenvalue weighted by molar-refractivity contribution is 1.36. The van der Waals surface area contributed by atoms with Gasteiger partial charge in [-0.05, 0) is 46.2 Å². The van der Waals surface area contributed by atoms with Crippen molar-refractivity contribution in [1.82, 2.24) is 4.98 Å². The summed E-state index contributed by atoms with van der Waals surface area (Å²) in [6.45, 7) is 0. The van der Waals surface area contributed by atoms with Gasteiger partial charge in [-0.15, -0.1) is 0 Å². The van der Waals surface area contributed by atoms with Crippen LogP contribution in [0.15, 0.2) is 36.7 Å². The molecule has 1 aromatic heterocycles. The van der Waals surface area contributed by atoms with Crippen molar-refractivity contribution in [3.05, 3.63) is 40.2 Å². The molecule has 0 atom stereocenters. The Balaban J connectivity index is 2.83. The third-order valence-corrected chi connectivity index (χ3v) is 2.27. The first kappa shape index (κ1) is 7.03. The Morgan fingerprint density at radius 2 is 2.00 bits per heavy atom. The highest BCUT2D eigenvalue weighted by Crippen LogP contribution is 2.15. The third kappa shape index (κ3) is 1.35. The van der Waals surface area contributed by atoms with Crippen molar-refractivity contribution in [1.29, 1.82) is 0 Å². The molecule has 0 spiro atoms. The highest BCUT2D eigenvalue weighted by molar-refractivity contribution is 14.1. The fraction of sp³-hybridized carbons (Fsp3) is 0. The van der Waals surface area contributed by atoms with Crippen LogP contribution in [0.5, 0.6) is 0 Å². The first-order valence-electron chi connectivity index (χ1n) is 3.35. The molecular formula is C9H6IN. The summed E-state index contributed by atoms with van der Waals surface area (Å²) in [5.74, 6) is 0. The number of halogens is 1. The van der Waals surface area contributed by atoms with Crippen LogP contribution in [0.3, 0.4) is 0 Å². The second-order valence-corrected chi connectivity index (χ2v) is 3.61. The molecule has 0 aliphatic heterocycles. The fourth-order valence-electron chi connectivity index (χ4n) is 1.05. The molecule has 11 heavy (non-hydrogen) atoms. The van der Waals surface area contributed by atoms with Crippen LogP contribution >= 0.6 is 22.6 Å². The lowest BCUT2D eigenvalue weighted by Gasteiger charge is -1.95. The number of hydrogen-bond donors (Lipinski definition) is 0. The molecule has 0 N–H and O–H groups in total. The van der Waals surface area contributed by atoms with Crippen molar-refractivity contribution in [2.24, 2.45) is 0 Å². The van der Waals surface area contributed by atoms with Gasteiger partial charge in [0.2, 0.25) is 0 Å². The summed E-state index contributed by atoms with van der Waals surface area (Å²) in [7, 11) is 0. The van der Waals surface area contributed by atoms with Gasteiger partial charge in [0.05, 0.1) is 0 Å². The van der Waals surface area contributed by atoms with Gasteiger partial charge < -0.3 is 0 Å². The quantitative estimate of drug-likeness (QED) is 0.659. The number of aromatic nitrogens is 1. The van der Waals surface area contributed by atoms with Crippen molar-refractivity contribution in [3.63, 3.8) is 0 Å². The van der Waals surface area contributed by atoms with Crippen LogP contribution in [0, 0.1) is 3.57 Å². The van der Waals surface area contributed by atoms with Crippen LogP contribution in [0.4, 0.5) is 0 Å². The van der Waals surface area contributed by atoms with E-state index in [1.54, 1.807) is 0 Å². The van der Waals surface area contributed by atoms with Gasteiger partial charge in [0.25, 0.3) is 0 Å². The number of benzene rings is 1. The van der Waals surface area contributed by atoms with Gasteiger partial charge in [-0.1, -0.05) is 6.07 Å². The van der Waals surface area contributed by atoms with Crippen LogP contribution in [-0.2, 0) is 0 Å². The summed E-state index contributed by atoms with van der Waals surface area (Å²) >= 11 is 2.31. The SMILES string of the molecule is Ic1ccc2cnccc2c1. The monoisotopic (exact) mass is 255 g/mol. The molecule has 0 saturated carbocycles. The highest BCUT2D eigenvalue weighted by atomic mass is 127. The molecule has 54 valence electrons. The molecule has 2 heteroatoms.